The Labute approximate surface area is 149 Å². The average Bonchev–Trinajstić information content (AvgIpc) is 2.56. The molecule has 0 fully saturated rings. The zero-order valence-electron chi connectivity index (χ0n) is 16.1. The van der Waals surface area contributed by atoms with Gasteiger partial charge in [-0.1, -0.05) is 68.1 Å². The molecule has 0 aromatic heterocycles. The van der Waals surface area contributed by atoms with Gasteiger partial charge in [0.2, 0.25) is 0 Å². The lowest BCUT2D eigenvalue weighted by Crippen LogP contribution is -1.96. The highest BCUT2D eigenvalue weighted by Gasteiger charge is 2.10. The van der Waals surface area contributed by atoms with Crippen LogP contribution in [0.15, 0.2) is 77.9 Å². The van der Waals surface area contributed by atoms with Crippen LogP contribution in [-0.2, 0) is 6.42 Å². The summed E-state index contributed by atoms with van der Waals surface area (Å²) < 4.78 is 0. The Morgan fingerprint density at radius 3 is 2.29 bits per heavy atom. The highest BCUT2D eigenvalue weighted by atomic mass is 14.1. The third-order valence-corrected chi connectivity index (χ3v) is 4.43. The van der Waals surface area contributed by atoms with Crippen molar-refractivity contribution in [3.05, 3.63) is 89.1 Å². The summed E-state index contributed by atoms with van der Waals surface area (Å²) in [5, 5.41) is 0. The van der Waals surface area contributed by atoms with Gasteiger partial charge in [0.15, 0.2) is 0 Å². The van der Waals surface area contributed by atoms with Gasteiger partial charge in [0.25, 0.3) is 0 Å². The summed E-state index contributed by atoms with van der Waals surface area (Å²) >= 11 is 0. The molecule has 0 aliphatic carbocycles. The van der Waals surface area contributed by atoms with Gasteiger partial charge < -0.3 is 0 Å². The van der Waals surface area contributed by atoms with E-state index < -0.39 is 0 Å². The smallest absolute Gasteiger partial charge is 0.0193 e. The molecule has 1 aromatic carbocycles. The summed E-state index contributed by atoms with van der Waals surface area (Å²) in [6.07, 6.45) is 9.14. The maximum Gasteiger partial charge on any atom is -0.0193 e. The fourth-order valence-corrected chi connectivity index (χ4v) is 3.11. The van der Waals surface area contributed by atoms with Crippen LogP contribution < -0.4 is 0 Å². The van der Waals surface area contributed by atoms with E-state index in [2.05, 4.69) is 77.3 Å². The first kappa shape index (κ1) is 20.0. The highest BCUT2D eigenvalue weighted by Crippen LogP contribution is 2.30. The van der Waals surface area contributed by atoms with E-state index in [0.717, 1.165) is 24.8 Å². The molecule has 0 aliphatic rings. The van der Waals surface area contributed by atoms with E-state index in [-0.39, 0.29) is 0 Å². The van der Waals surface area contributed by atoms with Crippen LogP contribution in [0.5, 0.6) is 0 Å². The molecule has 0 heteroatoms. The Kier molecular flexibility index (Phi) is 8.26. The quantitative estimate of drug-likeness (QED) is 0.436. The third-order valence-electron chi connectivity index (χ3n) is 4.43. The van der Waals surface area contributed by atoms with Crippen LogP contribution in [0, 0.1) is 0 Å². The summed E-state index contributed by atoms with van der Waals surface area (Å²) in [6.45, 7) is 19.1. The summed E-state index contributed by atoms with van der Waals surface area (Å²) in [5.41, 5.74) is 9.20. The second-order valence-corrected chi connectivity index (χ2v) is 6.39. The normalized spacial score (nSPS) is 12.0. The Balaban J connectivity index is 3.05. The molecule has 0 amide bonds. The summed E-state index contributed by atoms with van der Waals surface area (Å²) in [4.78, 5) is 0. The first-order chi connectivity index (χ1) is 11.5. The molecule has 1 rings (SSSR count). The van der Waals surface area contributed by atoms with E-state index in [1.54, 1.807) is 0 Å². The van der Waals surface area contributed by atoms with Crippen molar-refractivity contribution in [3.63, 3.8) is 0 Å². The van der Waals surface area contributed by atoms with Crippen molar-refractivity contribution in [2.24, 2.45) is 0 Å². The first-order valence-electron chi connectivity index (χ1n) is 8.84. The molecule has 0 atom stereocenters. The number of hydrogen-bond acceptors (Lipinski definition) is 0. The molecule has 1 aromatic rings. The molecular weight excluding hydrogens is 288 g/mol. The van der Waals surface area contributed by atoms with Crippen LogP contribution in [0.4, 0.5) is 0 Å². The number of allylic oxidation sites excluding steroid dienone is 8. The van der Waals surface area contributed by atoms with Gasteiger partial charge in [-0.15, -0.1) is 0 Å². The molecule has 0 bridgehead atoms. The minimum atomic E-state index is 0.953. The number of rotatable bonds is 8. The zero-order chi connectivity index (χ0) is 18.1. The molecule has 128 valence electrons. The molecule has 0 spiro atoms. The zero-order valence-corrected chi connectivity index (χ0v) is 16.1. The molecule has 0 nitrogen and oxygen atoms in total. The largest absolute Gasteiger partial charge is 0.0985 e. The van der Waals surface area contributed by atoms with Crippen molar-refractivity contribution in [2.45, 2.75) is 53.9 Å². The predicted octanol–water partition coefficient (Wildman–Crippen LogP) is 7.46. The molecule has 0 radical (unpaired) electrons. The molecular formula is C24H32. The molecule has 0 heterocycles. The van der Waals surface area contributed by atoms with Crippen molar-refractivity contribution in [1.82, 2.24) is 0 Å². The number of aryl methyl sites for hydroxylation is 1. The molecule has 24 heavy (non-hydrogen) atoms. The van der Waals surface area contributed by atoms with E-state index >= 15 is 0 Å². The molecule has 0 saturated carbocycles. The molecule has 0 aliphatic heterocycles. The lowest BCUT2D eigenvalue weighted by atomic mass is 9.89. The fraction of sp³-hybridized carbons (Fsp3) is 0.333. The van der Waals surface area contributed by atoms with Crippen molar-refractivity contribution in [1.29, 1.82) is 0 Å². The summed E-state index contributed by atoms with van der Waals surface area (Å²) in [7, 11) is 0. The van der Waals surface area contributed by atoms with Crippen molar-refractivity contribution < 1.29 is 0 Å². The highest BCUT2D eigenvalue weighted by molar-refractivity contribution is 5.71. The molecule has 0 unspecified atom stereocenters. The average molecular weight is 321 g/mol. The van der Waals surface area contributed by atoms with E-state index in [9.17, 15) is 0 Å². The monoisotopic (exact) mass is 320 g/mol. The predicted molar refractivity (Wildman–Crippen MR) is 110 cm³/mol. The lowest BCUT2D eigenvalue weighted by molar-refractivity contribution is 0.992. The summed E-state index contributed by atoms with van der Waals surface area (Å²) in [5.74, 6) is 0. The number of hydrogen-bond donors (Lipinski definition) is 0. The van der Waals surface area contributed by atoms with Gasteiger partial charge >= 0.3 is 0 Å². The van der Waals surface area contributed by atoms with Gasteiger partial charge in [-0.25, -0.2) is 0 Å². The van der Waals surface area contributed by atoms with E-state index in [1.165, 1.54) is 33.4 Å². The SMILES string of the molecule is C=C/C(C(=C)CCC(=C(C)C)c1ccccc1CC)=C(C)\C=C/C. The van der Waals surface area contributed by atoms with Crippen LogP contribution in [0.25, 0.3) is 5.57 Å². The standard InChI is InChI=1S/C24H32/c1-8-13-19(6)22(10-3)20(7)16-17-23(18(4)5)24-15-12-11-14-21(24)9-2/h8,10-15H,3,7,9,16-17H2,1-2,4-6H3/b13-8-,22-19+. The Hall–Kier alpha value is -2.08. The minimum Gasteiger partial charge on any atom is -0.0985 e. The minimum absolute atomic E-state index is 0.953. The van der Waals surface area contributed by atoms with Crippen molar-refractivity contribution in [2.75, 3.05) is 0 Å². The van der Waals surface area contributed by atoms with Gasteiger partial charge in [0.05, 0.1) is 0 Å². The lowest BCUT2D eigenvalue weighted by Gasteiger charge is -2.16. The second-order valence-electron chi connectivity index (χ2n) is 6.39. The van der Waals surface area contributed by atoms with Gasteiger partial charge in [-0.3, -0.25) is 0 Å². The maximum atomic E-state index is 4.31. The van der Waals surface area contributed by atoms with Gasteiger partial charge in [-0.2, -0.15) is 0 Å². The van der Waals surface area contributed by atoms with Crippen LogP contribution in [0.2, 0.25) is 0 Å². The van der Waals surface area contributed by atoms with E-state index in [4.69, 9.17) is 0 Å². The Morgan fingerprint density at radius 2 is 1.75 bits per heavy atom. The fourth-order valence-electron chi connectivity index (χ4n) is 3.11. The van der Waals surface area contributed by atoms with E-state index in [0.29, 0.717) is 0 Å². The second kappa shape index (κ2) is 9.93. The van der Waals surface area contributed by atoms with Crippen LogP contribution in [0.1, 0.15) is 58.6 Å². The van der Waals surface area contributed by atoms with E-state index in [1.807, 2.05) is 13.0 Å². The van der Waals surface area contributed by atoms with Crippen molar-refractivity contribution >= 4 is 5.57 Å². The van der Waals surface area contributed by atoms with Crippen LogP contribution in [0.3, 0.4) is 0 Å². The van der Waals surface area contributed by atoms with Gasteiger partial charge in [-0.05, 0) is 80.4 Å². The van der Waals surface area contributed by atoms with Crippen LogP contribution >= 0.6 is 0 Å². The molecule has 0 N–H and O–H groups in total. The number of benzene rings is 1. The summed E-state index contributed by atoms with van der Waals surface area (Å²) in [6, 6.07) is 8.75. The Morgan fingerprint density at radius 1 is 1.08 bits per heavy atom. The third kappa shape index (κ3) is 5.23. The van der Waals surface area contributed by atoms with Crippen LogP contribution in [-0.4, -0.2) is 0 Å². The molecule has 0 saturated heterocycles. The Bertz CT molecular complexity index is 674. The first-order valence-corrected chi connectivity index (χ1v) is 8.84. The topological polar surface area (TPSA) is 0 Å². The van der Waals surface area contributed by atoms with Gasteiger partial charge in [0.1, 0.15) is 0 Å². The van der Waals surface area contributed by atoms with Gasteiger partial charge in [0, 0.05) is 0 Å². The van der Waals surface area contributed by atoms with Crippen molar-refractivity contribution in [3.8, 4) is 0 Å². The maximum absolute atomic E-state index is 4.31.